The zero-order chi connectivity index (χ0) is 45.8. The average molecular weight is 873 g/mol. The number of esters is 3. The summed E-state index contributed by atoms with van der Waals surface area (Å²) in [6.07, 6.45) is 67.9. The van der Waals surface area contributed by atoms with Gasteiger partial charge < -0.3 is 14.2 Å². The lowest BCUT2D eigenvalue weighted by atomic mass is 10.1. The highest BCUT2D eigenvalue weighted by Crippen LogP contribution is 2.14. The van der Waals surface area contributed by atoms with Gasteiger partial charge >= 0.3 is 17.9 Å². The van der Waals surface area contributed by atoms with Crippen LogP contribution in [0.15, 0.2) is 109 Å². The van der Waals surface area contributed by atoms with Crippen LogP contribution in [0.25, 0.3) is 0 Å². The number of rotatable bonds is 44. The van der Waals surface area contributed by atoms with Gasteiger partial charge in [-0.15, -0.1) is 0 Å². The summed E-state index contributed by atoms with van der Waals surface area (Å²) in [5.74, 6) is -0.966. The molecule has 356 valence electrons. The summed E-state index contributed by atoms with van der Waals surface area (Å²) >= 11 is 0. The summed E-state index contributed by atoms with van der Waals surface area (Å²) in [6.45, 7) is 6.27. The third kappa shape index (κ3) is 49.0. The molecule has 0 bridgehead atoms. The average Bonchev–Trinajstić information content (AvgIpc) is 3.28. The van der Waals surface area contributed by atoms with Gasteiger partial charge in [-0.2, -0.15) is 0 Å². The Hall–Kier alpha value is -3.93. The molecule has 0 saturated heterocycles. The molecule has 1 unspecified atom stereocenters. The molecule has 1 atom stereocenters. The van der Waals surface area contributed by atoms with Crippen molar-refractivity contribution in [1.29, 1.82) is 0 Å². The minimum atomic E-state index is -0.804. The van der Waals surface area contributed by atoms with E-state index in [1.54, 1.807) is 0 Å². The second kappa shape index (κ2) is 50.7. The molecule has 0 rings (SSSR count). The first-order valence-electron chi connectivity index (χ1n) is 25.5. The standard InChI is InChI=1S/C57H92O6/c1-4-7-10-13-16-19-22-24-26-27-28-29-31-32-35-38-41-44-47-50-56(59)62-53-54(52-61-55(58)49-46-43-40-37-34-21-18-15-12-9-6-3)63-57(60)51-48-45-42-39-36-33-30-25-23-20-17-14-11-8-5-2/h7-8,10-11,14-21,23-26,30,34,54H,4-6,9,12-13,22,27-29,31-33,35-53H2,1-3H3/b10-7-,11-8-,17-14-,18-15-,19-16-,23-20-,26-24-,30-25-,34-21-. The van der Waals surface area contributed by atoms with Gasteiger partial charge in [-0.1, -0.05) is 214 Å². The minimum absolute atomic E-state index is 0.101. The van der Waals surface area contributed by atoms with E-state index in [4.69, 9.17) is 14.2 Å². The van der Waals surface area contributed by atoms with Gasteiger partial charge in [0.1, 0.15) is 13.2 Å². The maximum Gasteiger partial charge on any atom is 0.306 e. The smallest absolute Gasteiger partial charge is 0.306 e. The molecule has 0 saturated carbocycles. The normalized spacial score (nSPS) is 13.0. The van der Waals surface area contributed by atoms with Crippen LogP contribution in [0.5, 0.6) is 0 Å². The molecule has 0 aliphatic rings. The molecule has 0 heterocycles. The van der Waals surface area contributed by atoms with Gasteiger partial charge in [0.25, 0.3) is 0 Å². The van der Waals surface area contributed by atoms with Gasteiger partial charge in [-0.3, -0.25) is 14.4 Å². The summed E-state index contributed by atoms with van der Waals surface area (Å²) in [7, 11) is 0. The Balaban J connectivity index is 4.43. The van der Waals surface area contributed by atoms with Crippen LogP contribution < -0.4 is 0 Å². The predicted octanol–water partition coefficient (Wildman–Crippen LogP) is 16.8. The van der Waals surface area contributed by atoms with Crippen molar-refractivity contribution in [2.45, 2.75) is 219 Å². The number of hydrogen-bond acceptors (Lipinski definition) is 6. The van der Waals surface area contributed by atoms with Crippen molar-refractivity contribution >= 4 is 17.9 Å². The first kappa shape index (κ1) is 59.1. The molecular weight excluding hydrogens is 781 g/mol. The highest BCUT2D eigenvalue weighted by molar-refractivity contribution is 5.71. The Morgan fingerprint density at radius 2 is 0.698 bits per heavy atom. The molecule has 0 aliphatic heterocycles. The molecule has 0 spiro atoms. The Morgan fingerprint density at radius 1 is 0.349 bits per heavy atom. The van der Waals surface area contributed by atoms with E-state index in [0.29, 0.717) is 19.3 Å². The molecule has 0 amide bonds. The fraction of sp³-hybridized carbons (Fsp3) is 0.632. The fourth-order valence-electron chi connectivity index (χ4n) is 6.56. The number of allylic oxidation sites excluding steroid dienone is 18. The van der Waals surface area contributed by atoms with E-state index in [1.807, 2.05) is 24.3 Å². The minimum Gasteiger partial charge on any atom is -0.462 e. The summed E-state index contributed by atoms with van der Waals surface area (Å²) in [5, 5.41) is 0. The van der Waals surface area contributed by atoms with E-state index in [9.17, 15) is 14.4 Å². The highest BCUT2D eigenvalue weighted by atomic mass is 16.6. The van der Waals surface area contributed by atoms with Crippen LogP contribution in [0, 0.1) is 0 Å². The lowest BCUT2D eigenvalue weighted by Gasteiger charge is -2.18. The van der Waals surface area contributed by atoms with E-state index in [2.05, 4.69) is 106 Å². The van der Waals surface area contributed by atoms with Crippen molar-refractivity contribution in [1.82, 2.24) is 0 Å². The predicted molar refractivity (Wildman–Crippen MR) is 270 cm³/mol. The van der Waals surface area contributed by atoms with E-state index in [1.165, 1.54) is 57.8 Å². The van der Waals surface area contributed by atoms with Gasteiger partial charge in [-0.05, 0) is 89.9 Å². The SMILES string of the molecule is CC\C=C/C=C\C=C/C=C\CCCCCCCC(=O)OC(COC(=O)CCCCC/C=C\C=C/CCCC)COC(=O)CCCCCCCCCCC/C=C\C/C=C\C/C=C\CC. The van der Waals surface area contributed by atoms with E-state index in [0.717, 1.165) is 116 Å². The summed E-state index contributed by atoms with van der Waals surface area (Å²) in [5.41, 5.74) is 0. The molecule has 0 N–H and O–H groups in total. The zero-order valence-corrected chi connectivity index (χ0v) is 40.5. The molecular formula is C57H92O6. The van der Waals surface area contributed by atoms with Crippen molar-refractivity contribution in [2.24, 2.45) is 0 Å². The number of unbranched alkanes of at least 4 members (excludes halogenated alkanes) is 19. The molecule has 63 heavy (non-hydrogen) atoms. The van der Waals surface area contributed by atoms with Crippen LogP contribution >= 0.6 is 0 Å². The number of carbonyl (C=O) groups excluding carboxylic acids is 3. The Morgan fingerprint density at radius 3 is 1.19 bits per heavy atom. The number of ether oxygens (including phenoxy) is 3. The first-order chi connectivity index (χ1) is 31.0. The molecule has 0 aromatic rings. The maximum absolute atomic E-state index is 12.8. The van der Waals surface area contributed by atoms with Crippen LogP contribution in [0.1, 0.15) is 213 Å². The van der Waals surface area contributed by atoms with E-state index < -0.39 is 6.10 Å². The van der Waals surface area contributed by atoms with Gasteiger partial charge in [0.2, 0.25) is 0 Å². The maximum atomic E-state index is 12.8. The lowest BCUT2D eigenvalue weighted by Crippen LogP contribution is -2.30. The lowest BCUT2D eigenvalue weighted by molar-refractivity contribution is -0.167. The van der Waals surface area contributed by atoms with E-state index >= 15 is 0 Å². The molecule has 6 heteroatoms. The summed E-state index contributed by atoms with van der Waals surface area (Å²) in [6, 6.07) is 0. The zero-order valence-electron chi connectivity index (χ0n) is 40.5. The van der Waals surface area contributed by atoms with Crippen LogP contribution in [0.3, 0.4) is 0 Å². The second-order valence-corrected chi connectivity index (χ2v) is 16.4. The van der Waals surface area contributed by atoms with Crippen LogP contribution in [0.4, 0.5) is 0 Å². The first-order valence-corrected chi connectivity index (χ1v) is 25.5. The largest absolute Gasteiger partial charge is 0.462 e. The van der Waals surface area contributed by atoms with Crippen LogP contribution in [-0.2, 0) is 28.6 Å². The third-order valence-electron chi connectivity index (χ3n) is 10.4. The van der Waals surface area contributed by atoms with Gasteiger partial charge in [0, 0.05) is 19.3 Å². The van der Waals surface area contributed by atoms with Crippen LogP contribution in [0.2, 0.25) is 0 Å². The Bertz CT molecular complexity index is 1330. The topological polar surface area (TPSA) is 78.9 Å². The van der Waals surface area contributed by atoms with Crippen molar-refractivity contribution in [3.05, 3.63) is 109 Å². The van der Waals surface area contributed by atoms with E-state index in [-0.39, 0.29) is 31.1 Å². The fourth-order valence-corrected chi connectivity index (χ4v) is 6.56. The van der Waals surface area contributed by atoms with Gasteiger partial charge in [0.05, 0.1) is 0 Å². The second-order valence-electron chi connectivity index (χ2n) is 16.4. The molecule has 0 aromatic carbocycles. The summed E-state index contributed by atoms with van der Waals surface area (Å²) < 4.78 is 16.7. The Kier molecular flexibility index (Phi) is 47.5. The molecule has 0 aromatic heterocycles. The van der Waals surface area contributed by atoms with Gasteiger partial charge in [0.15, 0.2) is 6.10 Å². The van der Waals surface area contributed by atoms with Crippen molar-refractivity contribution in [3.63, 3.8) is 0 Å². The third-order valence-corrected chi connectivity index (χ3v) is 10.4. The number of hydrogen-bond donors (Lipinski definition) is 0. The quantitative estimate of drug-likeness (QED) is 0.0199. The molecule has 0 aliphatic carbocycles. The van der Waals surface area contributed by atoms with Crippen molar-refractivity contribution in [2.75, 3.05) is 13.2 Å². The molecule has 6 nitrogen and oxygen atoms in total. The van der Waals surface area contributed by atoms with Gasteiger partial charge in [-0.25, -0.2) is 0 Å². The summed E-state index contributed by atoms with van der Waals surface area (Å²) in [4.78, 5) is 37.9. The van der Waals surface area contributed by atoms with Crippen LogP contribution in [-0.4, -0.2) is 37.2 Å². The Labute approximate surface area is 387 Å². The molecule has 0 fully saturated rings. The monoisotopic (exact) mass is 873 g/mol. The van der Waals surface area contributed by atoms with Crippen molar-refractivity contribution in [3.8, 4) is 0 Å². The van der Waals surface area contributed by atoms with Crippen molar-refractivity contribution < 1.29 is 28.6 Å². The molecule has 0 radical (unpaired) electrons. The highest BCUT2D eigenvalue weighted by Gasteiger charge is 2.19. The number of carbonyl (C=O) groups is 3.